The second-order valence-electron chi connectivity index (χ2n) is 10.8. The molecule has 230 valence electrons. The van der Waals surface area contributed by atoms with E-state index in [1.165, 1.54) is 121 Å². The second-order valence-corrected chi connectivity index (χ2v) is 12.4. The molecule has 0 bridgehead atoms. The van der Waals surface area contributed by atoms with Gasteiger partial charge in [-0.2, -0.15) is 8.42 Å². The zero-order chi connectivity index (χ0) is 29.3. The number of unbranched alkanes of at least 4 members (excludes halogenated alkanes) is 19. The number of carbonyl (C=O) groups excluding carboxylic acids is 2. The Morgan fingerprint density at radius 1 is 0.575 bits per heavy atom. The Hall–Kier alpha value is -1.93. The van der Waals surface area contributed by atoms with Gasteiger partial charge in [0.2, 0.25) is 0 Å². The van der Waals surface area contributed by atoms with Gasteiger partial charge in [-0.25, -0.2) is 9.59 Å². The third-order valence-electron chi connectivity index (χ3n) is 7.17. The van der Waals surface area contributed by atoms with Crippen LogP contribution in [-0.4, -0.2) is 43.9 Å². The maximum Gasteiger partial charge on any atom is 0.339 e. The Kier molecular flexibility index (Phi) is 21.4. The largest absolute Gasteiger partial charge is 0.462 e. The third kappa shape index (κ3) is 20.0. The van der Waals surface area contributed by atoms with E-state index in [1.807, 2.05) is 0 Å². The molecule has 0 aliphatic rings. The molecular formula is C32H54O7S. The van der Waals surface area contributed by atoms with Crippen LogP contribution in [0.4, 0.5) is 0 Å². The predicted molar refractivity (Wildman–Crippen MR) is 161 cm³/mol. The van der Waals surface area contributed by atoms with Crippen molar-refractivity contribution >= 4 is 22.1 Å². The minimum atomic E-state index is -4.23. The SMILES string of the molecule is CCCCCCCCCCCCCCCCCCCCCCOC(=O)c1ccccc1C(=O)OCCS(=O)(=O)O. The lowest BCUT2D eigenvalue weighted by Crippen LogP contribution is -2.18. The van der Waals surface area contributed by atoms with Gasteiger partial charge in [0, 0.05) is 0 Å². The summed E-state index contributed by atoms with van der Waals surface area (Å²) < 4.78 is 40.5. The quantitative estimate of drug-likeness (QED) is 0.0661. The smallest absolute Gasteiger partial charge is 0.339 e. The van der Waals surface area contributed by atoms with Gasteiger partial charge >= 0.3 is 11.9 Å². The van der Waals surface area contributed by atoms with Crippen molar-refractivity contribution in [3.05, 3.63) is 35.4 Å². The van der Waals surface area contributed by atoms with Crippen molar-refractivity contribution in [2.75, 3.05) is 19.0 Å². The van der Waals surface area contributed by atoms with Crippen molar-refractivity contribution in [3.8, 4) is 0 Å². The molecule has 1 rings (SSSR count). The van der Waals surface area contributed by atoms with Gasteiger partial charge in [-0.1, -0.05) is 141 Å². The van der Waals surface area contributed by atoms with Gasteiger partial charge in [0.25, 0.3) is 10.1 Å². The summed E-state index contributed by atoms with van der Waals surface area (Å²) in [4.78, 5) is 24.7. The van der Waals surface area contributed by atoms with E-state index in [-0.39, 0.29) is 17.7 Å². The predicted octanol–water partition coefficient (Wildman–Crippen LogP) is 8.71. The standard InChI is InChI=1S/C32H54O7S/c1-2-3-4-5-6-7-8-9-10-11-12-13-14-15-16-17-18-19-20-23-26-38-31(33)29-24-21-22-25-30(29)32(34)39-27-28-40(35,36)37/h21-22,24-25H,2-20,23,26-28H2,1H3,(H,35,36,37). The minimum absolute atomic E-state index is 0.00587. The van der Waals surface area contributed by atoms with Crippen LogP contribution in [-0.2, 0) is 19.6 Å². The van der Waals surface area contributed by atoms with Crippen molar-refractivity contribution in [2.24, 2.45) is 0 Å². The summed E-state index contributed by atoms with van der Waals surface area (Å²) in [6.45, 7) is 2.05. The minimum Gasteiger partial charge on any atom is -0.462 e. The maximum absolute atomic E-state index is 12.4. The first-order valence-corrected chi connectivity index (χ1v) is 17.3. The number of hydrogen-bond donors (Lipinski definition) is 1. The van der Waals surface area contributed by atoms with Crippen LogP contribution in [0.2, 0.25) is 0 Å². The van der Waals surface area contributed by atoms with Crippen molar-refractivity contribution < 1.29 is 32.0 Å². The van der Waals surface area contributed by atoms with Crippen LogP contribution in [0.1, 0.15) is 156 Å². The van der Waals surface area contributed by atoms with E-state index in [9.17, 15) is 18.0 Å². The highest BCUT2D eigenvalue weighted by Gasteiger charge is 2.19. The molecule has 0 aliphatic heterocycles. The molecule has 0 spiro atoms. The summed E-state index contributed by atoms with van der Waals surface area (Å²) in [5, 5.41) is 0. The van der Waals surface area contributed by atoms with Gasteiger partial charge in [0.1, 0.15) is 12.4 Å². The molecule has 7 nitrogen and oxygen atoms in total. The second kappa shape index (κ2) is 23.7. The molecule has 8 heteroatoms. The Bertz CT molecular complexity index is 898. The first kappa shape index (κ1) is 36.1. The molecule has 1 aromatic carbocycles. The number of benzene rings is 1. The van der Waals surface area contributed by atoms with Gasteiger partial charge in [-0.05, 0) is 18.6 Å². The molecule has 0 radical (unpaired) electrons. The van der Waals surface area contributed by atoms with E-state index in [4.69, 9.17) is 14.0 Å². The van der Waals surface area contributed by atoms with Crippen molar-refractivity contribution in [3.63, 3.8) is 0 Å². The Morgan fingerprint density at radius 2 is 0.900 bits per heavy atom. The normalized spacial score (nSPS) is 11.4. The van der Waals surface area contributed by atoms with E-state index in [1.54, 1.807) is 12.1 Å². The topological polar surface area (TPSA) is 107 Å². The molecule has 0 saturated heterocycles. The summed E-state index contributed by atoms with van der Waals surface area (Å²) in [6, 6.07) is 6.09. The van der Waals surface area contributed by atoms with Gasteiger partial charge < -0.3 is 9.47 Å². The Balaban J connectivity index is 1.97. The lowest BCUT2D eigenvalue weighted by Gasteiger charge is -2.09. The fourth-order valence-electron chi connectivity index (χ4n) is 4.76. The van der Waals surface area contributed by atoms with Crippen molar-refractivity contribution in [1.29, 1.82) is 0 Å². The summed E-state index contributed by atoms with van der Waals surface area (Å²) in [5.74, 6) is -2.15. The zero-order valence-corrected chi connectivity index (χ0v) is 25.7. The number of esters is 2. The van der Waals surface area contributed by atoms with E-state index in [0.29, 0.717) is 0 Å². The third-order valence-corrected chi connectivity index (χ3v) is 7.85. The van der Waals surface area contributed by atoms with E-state index >= 15 is 0 Å². The van der Waals surface area contributed by atoms with Gasteiger partial charge in [-0.3, -0.25) is 4.55 Å². The van der Waals surface area contributed by atoms with Crippen LogP contribution in [0.5, 0.6) is 0 Å². The van der Waals surface area contributed by atoms with Crippen LogP contribution in [0, 0.1) is 0 Å². The van der Waals surface area contributed by atoms with Crippen LogP contribution in [0.3, 0.4) is 0 Å². The van der Waals surface area contributed by atoms with Gasteiger partial charge in [0.05, 0.1) is 17.7 Å². The molecule has 0 aliphatic carbocycles. The molecule has 1 aromatic rings. The molecule has 1 N–H and O–H groups in total. The summed E-state index contributed by atoms with van der Waals surface area (Å²) in [6.07, 6.45) is 26.1. The molecule has 0 saturated carbocycles. The highest BCUT2D eigenvalue weighted by atomic mass is 32.2. The van der Waals surface area contributed by atoms with E-state index in [2.05, 4.69) is 6.92 Å². The number of hydrogen-bond acceptors (Lipinski definition) is 6. The molecule has 0 atom stereocenters. The average molecular weight is 583 g/mol. The van der Waals surface area contributed by atoms with Crippen molar-refractivity contribution in [1.82, 2.24) is 0 Å². The highest BCUT2D eigenvalue weighted by Crippen LogP contribution is 2.16. The Labute approximate surface area is 243 Å². The lowest BCUT2D eigenvalue weighted by molar-refractivity contribution is 0.0463. The monoisotopic (exact) mass is 582 g/mol. The molecular weight excluding hydrogens is 528 g/mol. The summed E-state index contributed by atoms with van der Waals surface area (Å²) in [5.41, 5.74) is 0.0823. The van der Waals surface area contributed by atoms with E-state index < -0.39 is 34.4 Å². The molecule has 40 heavy (non-hydrogen) atoms. The Morgan fingerprint density at radius 3 is 1.25 bits per heavy atom. The first-order valence-electron chi connectivity index (χ1n) is 15.7. The molecule has 0 aromatic heterocycles. The average Bonchev–Trinajstić information content (AvgIpc) is 2.93. The number of rotatable bonds is 26. The molecule has 0 fully saturated rings. The van der Waals surface area contributed by atoms with Gasteiger partial charge in [-0.15, -0.1) is 0 Å². The van der Waals surface area contributed by atoms with Crippen molar-refractivity contribution in [2.45, 2.75) is 135 Å². The van der Waals surface area contributed by atoms with E-state index in [0.717, 1.165) is 19.3 Å². The van der Waals surface area contributed by atoms with Crippen LogP contribution >= 0.6 is 0 Å². The van der Waals surface area contributed by atoms with Crippen LogP contribution in [0.15, 0.2) is 24.3 Å². The van der Waals surface area contributed by atoms with Crippen LogP contribution < -0.4 is 0 Å². The molecule has 0 amide bonds. The first-order chi connectivity index (χ1) is 19.3. The summed E-state index contributed by atoms with van der Waals surface area (Å²) in [7, 11) is -4.23. The fraction of sp³-hybridized carbons (Fsp3) is 0.750. The molecule has 0 heterocycles. The lowest BCUT2D eigenvalue weighted by atomic mass is 10.0. The molecule has 0 unspecified atom stereocenters. The maximum atomic E-state index is 12.4. The number of ether oxygens (including phenoxy) is 2. The summed E-state index contributed by atoms with van der Waals surface area (Å²) >= 11 is 0. The number of carbonyl (C=O) groups is 2. The van der Waals surface area contributed by atoms with Crippen LogP contribution in [0.25, 0.3) is 0 Å². The van der Waals surface area contributed by atoms with Gasteiger partial charge in [0.15, 0.2) is 0 Å². The highest BCUT2D eigenvalue weighted by molar-refractivity contribution is 7.85. The fourth-order valence-corrected chi connectivity index (χ4v) is 5.05. The zero-order valence-electron chi connectivity index (χ0n) is 24.9.